The van der Waals surface area contributed by atoms with Crippen LogP contribution in [-0.4, -0.2) is 28.6 Å². The molecule has 0 heterocycles. The molecule has 0 radical (unpaired) electrons. The minimum atomic E-state index is -1.85. The van der Waals surface area contributed by atoms with E-state index in [1.54, 1.807) is 0 Å². The summed E-state index contributed by atoms with van der Waals surface area (Å²) >= 11 is 0. The van der Waals surface area contributed by atoms with Gasteiger partial charge in [-0.2, -0.15) is 0 Å². The molecule has 0 bridgehead atoms. The van der Waals surface area contributed by atoms with Crippen molar-refractivity contribution in [3.05, 3.63) is 30.3 Å². The molecular weight excluding hydrogens is 282 g/mol. The van der Waals surface area contributed by atoms with Crippen molar-refractivity contribution in [2.45, 2.75) is 52.2 Å². The number of rotatable bonds is 5. The van der Waals surface area contributed by atoms with E-state index in [9.17, 15) is 4.79 Å². The molecule has 0 aliphatic rings. The SMILES string of the molecule is C[C@@H](C(=O)O[Si](C)(C)C)N(c1ccccc1)[Si](C)(C)C. The molecule has 0 N–H and O–H groups in total. The van der Waals surface area contributed by atoms with Crippen LogP contribution in [0.1, 0.15) is 6.92 Å². The highest BCUT2D eigenvalue weighted by molar-refractivity contribution is 6.80. The number of carbonyl (C=O) groups is 1. The molecular formula is C15H27NO2Si2. The molecule has 0 saturated heterocycles. The zero-order valence-electron chi connectivity index (χ0n) is 13.7. The number of benzene rings is 1. The second kappa shape index (κ2) is 6.14. The zero-order chi connectivity index (χ0) is 15.6. The van der Waals surface area contributed by atoms with Gasteiger partial charge >= 0.3 is 5.97 Å². The molecule has 3 nitrogen and oxygen atoms in total. The van der Waals surface area contributed by atoms with E-state index >= 15 is 0 Å². The fraction of sp³-hybridized carbons (Fsp3) is 0.533. The molecule has 1 rings (SSSR count). The fourth-order valence-electron chi connectivity index (χ4n) is 2.27. The second-order valence-corrected chi connectivity index (χ2v) is 16.3. The van der Waals surface area contributed by atoms with Gasteiger partial charge in [0.1, 0.15) is 14.3 Å². The van der Waals surface area contributed by atoms with Crippen LogP contribution < -0.4 is 4.57 Å². The highest BCUT2D eigenvalue weighted by Crippen LogP contribution is 2.25. The molecule has 0 fully saturated rings. The van der Waals surface area contributed by atoms with Gasteiger partial charge in [-0.3, -0.25) is 4.79 Å². The van der Waals surface area contributed by atoms with Gasteiger partial charge in [0.25, 0.3) is 0 Å². The van der Waals surface area contributed by atoms with Crippen molar-refractivity contribution in [2.24, 2.45) is 0 Å². The molecule has 1 aromatic carbocycles. The van der Waals surface area contributed by atoms with E-state index in [-0.39, 0.29) is 12.0 Å². The number of nitrogens with zero attached hydrogens (tertiary/aromatic N) is 1. The van der Waals surface area contributed by atoms with Gasteiger partial charge in [-0.15, -0.1) is 0 Å². The van der Waals surface area contributed by atoms with Crippen LogP contribution in [-0.2, 0) is 9.22 Å². The molecule has 1 aromatic rings. The molecule has 0 aliphatic heterocycles. The van der Waals surface area contributed by atoms with Crippen LogP contribution in [0.2, 0.25) is 39.3 Å². The lowest BCUT2D eigenvalue weighted by molar-refractivity contribution is -0.136. The van der Waals surface area contributed by atoms with E-state index in [4.69, 9.17) is 4.43 Å². The number of anilines is 1. The molecule has 5 heteroatoms. The summed E-state index contributed by atoms with van der Waals surface area (Å²) < 4.78 is 7.94. The summed E-state index contributed by atoms with van der Waals surface area (Å²) in [5, 5.41) is 0. The van der Waals surface area contributed by atoms with Crippen LogP contribution in [0.3, 0.4) is 0 Å². The van der Waals surface area contributed by atoms with E-state index in [0.717, 1.165) is 5.69 Å². The van der Waals surface area contributed by atoms with Gasteiger partial charge in [-0.1, -0.05) is 37.8 Å². The number of para-hydroxylation sites is 1. The third-order valence-corrected chi connectivity index (χ3v) is 5.80. The summed E-state index contributed by atoms with van der Waals surface area (Å²) in [4.78, 5) is 12.4. The van der Waals surface area contributed by atoms with Gasteiger partial charge in [-0.05, 0) is 38.7 Å². The average molecular weight is 310 g/mol. The fourth-order valence-corrected chi connectivity index (χ4v) is 5.24. The summed E-state index contributed by atoms with van der Waals surface area (Å²) in [5.74, 6) is -0.101. The molecule has 0 unspecified atom stereocenters. The summed E-state index contributed by atoms with van der Waals surface area (Å²) in [6.07, 6.45) is 0. The summed E-state index contributed by atoms with van der Waals surface area (Å²) in [6.45, 7) is 14.8. The zero-order valence-corrected chi connectivity index (χ0v) is 15.7. The summed E-state index contributed by atoms with van der Waals surface area (Å²) in [7, 11) is -3.53. The first-order chi connectivity index (χ1) is 9.02. The van der Waals surface area contributed by atoms with Crippen molar-refractivity contribution in [1.29, 1.82) is 0 Å². The standard InChI is InChI=1S/C15H27NO2Si2/c1-13(15(17)18-20(5,6)7)16(19(2,3)4)14-11-9-8-10-12-14/h8-13H,1-7H3/t13-/m0/s1. The minimum Gasteiger partial charge on any atom is -0.518 e. The van der Waals surface area contributed by atoms with Crippen molar-refractivity contribution in [3.8, 4) is 0 Å². The smallest absolute Gasteiger partial charge is 0.314 e. The average Bonchev–Trinajstić information content (AvgIpc) is 2.26. The van der Waals surface area contributed by atoms with Gasteiger partial charge in [-0.25, -0.2) is 0 Å². The Labute approximate surface area is 125 Å². The maximum absolute atomic E-state index is 12.4. The van der Waals surface area contributed by atoms with Crippen LogP contribution in [0.25, 0.3) is 0 Å². The maximum atomic E-state index is 12.4. The number of hydrogen-bond acceptors (Lipinski definition) is 3. The predicted octanol–water partition coefficient (Wildman–Crippen LogP) is 4.09. The Morgan fingerprint density at radius 2 is 1.55 bits per heavy atom. The second-order valence-electron chi connectivity index (χ2n) is 7.09. The molecule has 0 aliphatic carbocycles. The molecule has 112 valence electrons. The van der Waals surface area contributed by atoms with Gasteiger partial charge in [0.2, 0.25) is 8.32 Å². The summed E-state index contributed by atoms with van der Waals surface area (Å²) in [5.41, 5.74) is 1.10. The molecule has 0 aromatic heterocycles. The van der Waals surface area contributed by atoms with Crippen LogP contribution >= 0.6 is 0 Å². The van der Waals surface area contributed by atoms with Crippen LogP contribution in [0, 0.1) is 0 Å². The van der Waals surface area contributed by atoms with E-state index < -0.39 is 16.6 Å². The molecule has 0 spiro atoms. The van der Waals surface area contributed by atoms with E-state index in [1.165, 1.54) is 0 Å². The lowest BCUT2D eigenvalue weighted by Crippen LogP contribution is -2.55. The molecule has 1 atom stereocenters. The molecule has 0 amide bonds. The van der Waals surface area contributed by atoms with Crippen LogP contribution in [0.4, 0.5) is 5.69 Å². The van der Waals surface area contributed by atoms with Crippen molar-refractivity contribution in [1.82, 2.24) is 0 Å². The highest BCUT2D eigenvalue weighted by atomic mass is 28.4. The van der Waals surface area contributed by atoms with E-state index in [1.807, 2.05) is 44.8 Å². The quantitative estimate of drug-likeness (QED) is 0.767. The third kappa shape index (κ3) is 4.79. The van der Waals surface area contributed by atoms with Crippen molar-refractivity contribution >= 4 is 28.2 Å². The monoisotopic (exact) mass is 309 g/mol. The Morgan fingerprint density at radius 3 is 1.95 bits per heavy atom. The lowest BCUT2D eigenvalue weighted by Gasteiger charge is -2.40. The Bertz CT molecular complexity index is 449. The highest BCUT2D eigenvalue weighted by Gasteiger charge is 2.34. The Balaban J connectivity index is 3.04. The predicted molar refractivity (Wildman–Crippen MR) is 91.2 cm³/mol. The third-order valence-electron chi connectivity index (χ3n) is 2.89. The first-order valence-electron chi connectivity index (χ1n) is 7.09. The number of hydrogen-bond donors (Lipinski definition) is 0. The van der Waals surface area contributed by atoms with Gasteiger partial charge in [0.05, 0.1) is 0 Å². The minimum absolute atomic E-state index is 0.101. The van der Waals surface area contributed by atoms with E-state index in [2.05, 4.69) is 36.3 Å². The molecule has 20 heavy (non-hydrogen) atoms. The summed E-state index contributed by atoms with van der Waals surface area (Å²) in [6, 6.07) is 9.91. The molecule has 0 saturated carbocycles. The first-order valence-corrected chi connectivity index (χ1v) is 13.9. The van der Waals surface area contributed by atoms with Crippen LogP contribution in [0.15, 0.2) is 30.3 Å². The Hall–Kier alpha value is -1.08. The lowest BCUT2D eigenvalue weighted by atomic mass is 10.2. The van der Waals surface area contributed by atoms with Gasteiger partial charge < -0.3 is 8.99 Å². The largest absolute Gasteiger partial charge is 0.518 e. The van der Waals surface area contributed by atoms with Crippen molar-refractivity contribution in [3.63, 3.8) is 0 Å². The normalized spacial score (nSPS) is 13.8. The topological polar surface area (TPSA) is 29.5 Å². The van der Waals surface area contributed by atoms with Crippen molar-refractivity contribution < 1.29 is 9.22 Å². The number of carbonyl (C=O) groups excluding carboxylic acids is 1. The van der Waals surface area contributed by atoms with Crippen molar-refractivity contribution in [2.75, 3.05) is 4.57 Å². The van der Waals surface area contributed by atoms with E-state index in [0.29, 0.717) is 0 Å². The Kier molecular flexibility index (Phi) is 5.21. The van der Waals surface area contributed by atoms with Gasteiger partial charge in [0.15, 0.2) is 0 Å². The first kappa shape index (κ1) is 17.0. The van der Waals surface area contributed by atoms with Gasteiger partial charge in [0, 0.05) is 5.69 Å². The van der Waals surface area contributed by atoms with Crippen LogP contribution in [0.5, 0.6) is 0 Å². The Morgan fingerprint density at radius 1 is 1.05 bits per heavy atom. The maximum Gasteiger partial charge on any atom is 0.314 e.